The number of benzene rings is 2. The Labute approximate surface area is 117 Å². The molecule has 1 aromatic heterocycles. The van der Waals surface area contributed by atoms with Gasteiger partial charge >= 0.3 is 0 Å². The Bertz CT molecular complexity index is 752. The van der Waals surface area contributed by atoms with Crippen molar-refractivity contribution in [2.75, 3.05) is 5.32 Å². The maximum atomic E-state index is 5.77. The van der Waals surface area contributed by atoms with Gasteiger partial charge in [0.2, 0.25) is 0 Å². The molecule has 100 valence electrons. The van der Waals surface area contributed by atoms with Gasteiger partial charge in [0.15, 0.2) is 5.82 Å². The summed E-state index contributed by atoms with van der Waals surface area (Å²) >= 11 is 0. The predicted octanol–water partition coefficient (Wildman–Crippen LogP) is 3.14. The lowest BCUT2D eigenvalue weighted by atomic mass is 10.1. The number of para-hydroxylation sites is 1. The molecule has 0 aliphatic heterocycles. The Morgan fingerprint density at radius 1 is 0.950 bits per heavy atom. The average Bonchev–Trinajstić information content (AvgIpc) is 2.51. The quantitative estimate of drug-likeness (QED) is 0.762. The molecule has 0 atom stereocenters. The monoisotopic (exact) mass is 264 g/mol. The molecular formula is C16H16N4. The second-order valence-corrected chi connectivity index (χ2v) is 4.67. The molecule has 4 heteroatoms. The molecule has 0 spiro atoms. The zero-order chi connectivity index (χ0) is 13.9. The van der Waals surface area contributed by atoms with Crippen LogP contribution in [0.3, 0.4) is 0 Å². The van der Waals surface area contributed by atoms with Crippen molar-refractivity contribution in [1.29, 1.82) is 0 Å². The van der Waals surface area contributed by atoms with Gasteiger partial charge in [-0.05, 0) is 18.6 Å². The van der Waals surface area contributed by atoms with E-state index in [-0.39, 0.29) is 0 Å². The molecule has 3 aromatic rings. The highest BCUT2D eigenvalue weighted by atomic mass is 15.2. The minimum absolute atomic E-state index is 0.487. The summed E-state index contributed by atoms with van der Waals surface area (Å²) < 4.78 is 0. The summed E-state index contributed by atoms with van der Waals surface area (Å²) in [5, 5.41) is 14.0. The third-order valence-corrected chi connectivity index (χ3v) is 3.36. The second-order valence-electron chi connectivity index (χ2n) is 4.67. The van der Waals surface area contributed by atoms with Crippen molar-refractivity contribution in [3.05, 3.63) is 59.8 Å². The number of aryl methyl sites for hydroxylation is 1. The van der Waals surface area contributed by atoms with Crippen LogP contribution < -0.4 is 11.1 Å². The summed E-state index contributed by atoms with van der Waals surface area (Å²) in [5.74, 6) is 0.757. The van der Waals surface area contributed by atoms with E-state index in [0.717, 1.165) is 33.5 Å². The highest BCUT2D eigenvalue weighted by Crippen LogP contribution is 2.26. The molecule has 2 aromatic carbocycles. The van der Waals surface area contributed by atoms with Gasteiger partial charge in [0.25, 0.3) is 0 Å². The first kappa shape index (κ1) is 12.6. The van der Waals surface area contributed by atoms with E-state index >= 15 is 0 Å². The lowest BCUT2D eigenvalue weighted by Gasteiger charge is -2.12. The van der Waals surface area contributed by atoms with Gasteiger partial charge in [-0.3, -0.25) is 0 Å². The van der Waals surface area contributed by atoms with Gasteiger partial charge in [0.1, 0.15) is 0 Å². The molecule has 0 radical (unpaired) electrons. The number of hydrogen-bond acceptors (Lipinski definition) is 4. The molecule has 3 N–H and O–H groups in total. The molecular weight excluding hydrogens is 248 g/mol. The van der Waals surface area contributed by atoms with Crippen molar-refractivity contribution in [2.24, 2.45) is 5.73 Å². The summed E-state index contributed by atoms with van der Waals surface area (Å²) in [4.78, 5) is 0. The third kappa shape index (κ3) is 2.21. The van der Waals surface area contributed by atoms with Crippen molar-refractivity contribution in [3.63, 3.8) is 0 Å². The number of nitrogens with two attached hydrogens (primary N) is 1. The summed E-state index contributed by atoms with van der Waals surface area (Å²) in [6.45, 7) is 2.45. The number of nitrogens with zero attached hydrogens (tertiary/aromatic N) is 2. The zero-order valence-corrected chi connectivity index (χ0v) is 11.3. The Kier molecular flexibility index (Phi) is 3.31. The van der Waals surface area contributed by atoms with E-state index in [1.54, 1.807) is 0 Å². The first-order valence-corrected chi connectivity index (χ1v) is 6.56. The molecule has 3 rings (SSSR count). The van der Waals surface area contributed by atoms with Crippen LogP contribution in [0, 0.1) is 6.92 Å². The van der Waals surface area contributed by atoms with E-state index in [1.165, 1.54) is 0 Å². The molecule has 4 nitrogen and oxygen atoms in total. The molecule has 0 saturated carbocycles. The molecule has 0 aliphatic rings. The van der Waals surface area contributed by atoms with Crippen molar-refractivity contribution in [2.45, 2.75) is 13.5 Å². The topological polar surface area (TPSA) is 63.8 Å². The van der Waals surface area contributed by atoms with E-state index in [4.69, 9.17) is 5.73 Å². The standard InChI is InChI=1S/C16H16N4/c1-11-13-7-3-4-8-14(13)16(20-19-11)18-15-9-5-2-6-12(15)10-17/h2-9H,10,17H2,1H3,(H,18,20). The number of fused-ring (bicyclic) bond motifs is 1. The molecule has 0 aliphatic carbocycles. The third-order valence-electron chi connectivity index (χ3n) is 3.36. The Morgan fingerprint density at radius 2 is 1.65 bits per heavy atom. The van der Waals surface area contributed by atoms with Crippen LogP contribution in [0.15, 0.2) is 48.5 Å². The maximum absolute atomic E-state index is 5.77. The Morgan fingerprint density at radius 3 is 2.45 bits per heavy atom. The summed E-state index contributed by atoms with van der Waals surface area (Å²) in [6, 6.07) is 16.1. The van der Waals surface area contributed by atoms with E-state index in [1.807, 2.05) is 49.4 Å². The molecule has 0 bridgehead atoms. The van der Waals surface area contributed by atoms with Crippen molar-refractivity contribution >= 4 is 22.3 Å². The van der Waals surface area contributed by atoms with E-state index < -0.39 is 0 Å². The first-order chi connectivity index (χ1) is 9.79. The smallest absolute Gasteiger partial charge is 0.160 e. The lowest BCUT2D eigenvalue weighted by Crippen LogP contribution is -2.04. The van der Waals surface area contributed by atoms with E-state index in [9.17, 15) is 0 Å². The fraction of sp³-hybridized carbons (Fsp3) is 0.125. The van der Waals surface area contributed by atoms with Gasteiger partial charge in [0, 0.05) is 23.0 Å². The summed E-state index contributed by atoms with van der Waals surface area (Å²) in [7, 11) is 0. The fourth-order valence-corrected chi connectivity index (χ4v) is 2.28. The van der Waals surface area contributed by atoms with E-state index in [2.05, 4.69) is 21.6 Å². The molecule has 0 saturated heterocycles. The molecule has 0 unspecified atom stereocenters. The van der Waals surface area contributed by atoms with Crippen molar-refractivity contribution in [3.8, 4) is 0 Å². The largest absolute Gasteiger partial charge is 0.338 e. The number of anilines is 2. The van der Waals surface area contributed by atoms with Crippen LogP contribution >= 0.6 is 0 Å². The van der Waals surface area contributed by atoms with Crippen LogP contribution in [0.4, 0.5) is 11.5 Å². The number of rotatable bonds is 3. The minimum atomic E-state index is 0.487. The summed E-state index contributed by atoms with van der Waals surface area (Å²) in [5.41, 5.74) is 8.72. The van der Waals surface area contributed by atoms with Crippen LogP contribution in [-0.4, -0.2) is 10.2 Å². The fourth-order valence-electron chi connectivity index (χ4n) is 2.28. The molecule has 1 heterocycles. The summed E-state index contributed by atoms with van der Waals surface area (Å²) in [6.07, 6.45) is 0. The Hall–Kier alpha value is -2.46. The molecule has 20 heavy (non-hydrogen) atoms. The van der Waals surface area contributed by atoms with Crippen LogP contribution in [0.1, 0.15) is 11.3 Å². The van der Waals surface area contributed by atoms with Gasteiger partial charge < -0.3 is 11.1 Å². The second kappa shape index (κ2) is 5.27. The Balaban J connectivity index is 2.09. The van der Waals surface area contributed by atoms with E-state index in [0.29, 0.717) is 6.54 Å². The van der Waals surface area contributed by atoms with Crippen LogP contribution in [0.5, 0.6) is 0 Å². The minimum Gasteiger partial charge on any atom is -0.338 e. The van der Waals surface area contributed by atoms with Crippen LogP contribution in [-0.2, 0) is 6.54 Å². The first-order valence-electron chi connectivity index (χ1n) is 6.56. The van der Waals surface area contributed by atoms with Gasteiger partial charge in [-0.15, -0.1) is 5.10 Å². The SMILES string of the molecule is Cc1nnc(Nc2ccccc2CN)c2ccccc12. The predicted molar refractivity (Wildman–Crippen MR) is 81.9 cm³/mol. The number of hydrogen-bond donors (Lipinski definition) is 2. The van der Waals surface area contributed by atoms with Crippen LogP contribution in [0.25, 0.3) is 10.8 Å². The average molecular weight is 264 g/mol. The molecule has 0 amide bonds. The highest BCUT2D eigenvalue weighted by molar-refractivity contribution is 5.94. The highest BCUT2D eigenvalue weighted by Gasteiger charge is 2.07. The van der Waals surface area contributed by atoms with Crippen molar-refractivity contribution < 1.29 is 0 Å². The maximum Gasteiger partial charge on any atom is 0.160 e. The molecule has 0 fully saturated rings. The van der Waals surface area contributed by atoms with Gasteiger partial charge in [0.05, 0.1) is 5.69 Å². The number of aromatic nitrogens is 2. The van der Waals surface area contributed by atoms with Crippen molar-refractivity contribution in [1.82, 2.24) is 10.2 Å². The zero-order valence-electron chi connectivity index (χ0n) is 11.3. The van der Waals surface area contributed by atoms with Gasteiger partial charge in [-0.1, -0.05) is 42.5 Å². The lowest BCUT2D eigenvalue weighted by molar-refractivity contribution is 1.00. The van der Waals surface area contributed by atoms with Gasteiger partial charge in [-0.25, -0.2) is 0 Å². The van der Waals surface area contributed by atoms with Crippen LogP contribution in [0.2, 0.25) is 0 Å². The van der Waals surface area contributed by atoms with Gasteiger partial charge in [-0.2, -0.15) is 5.10 Å². The normalized spacial score (nSPS) is 10.7. The number of nitrogens with one attached hydrogen (secondary N) is 1.